The zero-order valence-electron chi connectivity index (χ0n) is 5.87. The van der Waals surface area contributed by atoms with Crippen molar-refractivity contribution in [3.63, 3.8) is 0 Å². The number of aromatic nitrogens is 2. The van der Waals surface area contributed by atoms with Crippen LogP contribution in [0.1, 0.15) is 4.88 Å². The highest BCUT2D eigenvalue weighted by Gasteiger charge is 2.05. The van der Waals surface area contributed by atoms with E-state index < -0.39 is 0 Å². The predicted octanol–water partition coefficient (Wildman–Crippen LogP) is 2.38. The summed E-state index contributed by atoms with van der Waals surface area (Å²) in [4.78, 5) is 9.55. The molecular weight excluding hydrogens is 176 g/mol. The molecule has 0 bridgehead atoms. The van der Waals surface area contributed by atoms with Crippen molar-refractivity contribution in [1.82, 2.24) is 9.97 Å². The quantitative estimate of drug-likeness (QED) is 0.675. The van der Waals surface area contributed by atoms with E-state index in [-0.39, 0.29) is 0 Å². The summed E-state index contributed by atoms with van der Waals surface area (Å²) in [6.45, 7) is 2.05. The van der Waals surface area contributed by atoms with Gasteiger partial charge in [0, 0.05) is 11.1 Å². The molecule has 0 amide bonds. The zero-order valence-corrected chi connectivity index (χ0v) is 7.50. The van der Waals surface area contributed by atoms with Crippen molar-refractivity contribution in [3.05, 3.63) is 22.0 Å². The van der Waals surface area contributed by atoms with E-state index in [0.717, 1.165) is 10.7 Å². The van der Waals surface area contributed by atoms with Gasteiger partial charge in [-0.2, -0.15) is 0 Å². The minimum atomic E-state index is 0.962. The maximum Gasteiger partial charge on any atom is 0.143 e. The molecular formula is C7H5N2S2. The summed E-state index contributed by atoms with van der Waals surface area (Å²) in [6, 6.07) is 0. The molecule has 2 aromatic rings. The van der Waals surface area contributed by atoms with Crippen LogP contribution < -0.4 is 0 Å². The van der Waals surface area contributed by atoms with Crippen molar-refractivity contribution in [2.24, 2.45) is 0 Å². The first-order valence-corrected chi connectivity index (χ1v) is 4.80. The Bertz CT molecular complexity index is 337. The molecule has 0 saturated carbocycles. The summed E-state index contributed by atoms with van der Waals surface area (Å²) >= 11 is 3.15. The molecule has 2 nitrogen and oxygen atoms in total. The molecule has 0 aliphatic carbocycles. The Labute approximate surface area is 72.6 Å². The van der Waals surface area contributed by atoms with Crippen LogP contribution in [-0.2, 0) is 0 Å². The molecule has 0 N–H and O–H groups in total. The van der Waals surface area contributed by atoms with Crippen molar-refractivity contribution >= 4 is 22.7 Å². The zero-order chi connectivity index (χ0) is 7.68. The topological polar surface area (TPSA) is 25.8 Å². The molecule has 55 valence electrons. The highest BCUT2D eigenvalue weighted by atomic mass is 32.1. The second-order valence-electron chi connectivity index (χ2n) is 2.04. The van der Waals surface area contributed by atoms with Crippen LogP contribution in [0.4, 0.5) is 0 Å². The molecule has 4 heteroatoms. The van der Waals surface area contributed by atoms with Gasteiger partial charge in [-0.3, -0.25) is 0 Å². The Kier molecular flexibility index (Phi) is 1.71. The van der Waals surface area contributed by atoms with Gasteiger partial charge in [0.15, 0.2) is 0 Å². The van der Waals surface area contributed by atoms with Crippen molar-refractivity contribution in [2.45, 2.75) is 6.92 Å². The Balaban J connectivity index is 2.53. The van der Waals surface area contributed by atoms with E-state index in [9.17, 15) is 0 Å². The van der Waals surface area contributed by atoms with Gasteiger partial charge in [-0.25, -0.2) is 9.97 Å². The summed E-state index contributed by atoms with van der Waals surface area (Å²) in [5.74, 6) is 0. The van der Waals surface area contributed by atoms with E-state index in [4.69, 9.17) is 0 Å². The van der Waals surface area contributed by atoms with Crippen LogP contribution in [0.5, 0.6) is 0 Å². The van der Waals surface area contributed by atoms with Gasteiger partial charge in [0.2, 0.25) is 0 Å². The van der Waals surface area contributed by atoms with E-state index in [1.165, 1.54) is 16.2 Å². The molecule has 0 spiro atoms. The molecule has 0 aliphatic heterocycles. The van der Waals surface area contributed by atoms with Gasteiger partial charge in [0.1, 0.15) is 10.7 Å². The minimum absolute atomic E-state index is 0.962. The van der Waals surface area contributed by atoms with E-state index in [1.807, 2.05) is 5.51 Å². The molecule has 2 rings (SSSR count). The summed E-state index contributed by atoms with van der Waals surface area (Å²) in [7, 11) is 0. The number of thiazole rings is 2. The molecule has 0 aliphatic rings. The van der Waals surface area contributed by atoms with Crippen LogP contribution in [0, 0.1) is 12.3 Å². The Morgan fingerprint density at radius 3 is 2.91 bits per heavy atom. The third kappa shape index (κ3) is 1.19. The first-order chi connectivity index (χ1) is 5.38. The van der Waals surface area contributed by atoms with Gasteiger partial charge in [0.25, 0.3) is 0 Å². The van der Waals surface area contributed by atoms with Crippen LogP contribution in [0.3, 0.4) is 0 Å². The molecule has 2 heterocycles. The fourth-order valence-electron chi connectivity index (χ4n) is 0.814. The molecule has 11 heavy (non-hydrogen) atoms. The fourth-order valence-corrected chi connectivity index (χ4v) is 2.08. The normalized spacial score (nSPS) is 10.3. The van der Waals surface area contributed by atoms with Gasteiger partial charge < -0.3 is 0 Å². The smallest absolute Gasteiger partial charge is 0.143 e. The third-order valence-corrected chi connectivity index (χ3v) is 2.81. The molecule has 0 unspecified atom stereocenters. The van der Waals surface area contributed by atoms with Gasteiger partial charge in [0.05, 0.1) is 10.9 Å². The van der Waals surface area contributed by atoms with E-state index >= 15 is 0 Å². The number of hydrogen-bond donors (Lipinski definition) is 0. The largest absolute Gasteiger partial charge is 0.242 e. The number of hydrogen-bond acceptors (Lipinski definition) is 4. The van der Waals surface area contributed by atoms with Crippen molar-refractivity contribution in [2.75, 3.05) is 0 Å². The van der Waals surface area contributed by atoms with E-state index in [2.05, 4.69) is 22.3 Å². The Hall–Kier alpha value is -0.740. The van der Waals surface area contributed by atoms with Gasteiger partial charge in [-0.05, 0) is 6.92 Å². The number of aryl methyl sites for hydroxylation is 1. The first-order valence-electron chi connectivity index (χ1n) is 3.10. The lowest BCUT2D eigenvalue weighted by atomic mass is 10.4. The van der Waals surface area contributed by atoms with Gasteiger partial charge in [-0.1, -0.05) is 0 Å². The minimum Gasteiger partial charge on any atom is -0.242 e. The summed E-state index contributed by atoms with van der Waals surface area (Å²) in [5, 5.41) is 3.90. The van der Waals surface area contributed by atoms with Gasteiger partial charge >= 0.3 is 0 Å². The summed E-state index contributed by atoms with van der Waals surface area (Å²) in [6.07, 6.45) is 1.68. The lowest BCUT2D eigenvalue weighted by Gasteiger charge is -1.88. The van der Waals surface area contributed by atoms with E-state index in [0.29, 0.717) is 0 Å². The van der Waals surface area contributed by atoms with Crippen LogP contribution >= 0.6 is 22.7 Å². The molecule has 0 atom stereocenters. The highest BCUT2D eigenvalue weighted by Crippen LogP contribution is 2.25. The van der Waals surface area contributed by atoms with Crippen LogP contribution in [0.15, 0.2) is 11.7 Å². The Morgan fingerprint density at radius 1 is 1.45 bits per heavy atom. The second-order valence-corrected chi connectivity index (χ2v) is 3.93. The van der Waals surface area contributed by atoms with Crippen molar-refractivity contribution in [1.29, 1.82) is 0 Å². The molecule has 1 radical (unpaired) electrons. The number of rotatable bonds is 1. The van der Waals surface area contributed by atoms with Crippen molar-refractivity contribution < 1.29 is 0 Å². The van der Waals surface area contributed by atoms with E-state index in [1.54, 1.807) is 17.5 Å². The molecule has 2 aromatic heterocycles. The molecule has 0 fully saturated rings. The van der Waals surface area contributed by atoms with Crippen LogP contribution in [0.25, 0.3) is 10.7 Å². The Morgan fingerprint density at radius 2 is 2.36 bits per heavy atom. The maximum absolute atomic E-state index is 4.20. The predicted molar refractivity (Wildman–Crippen MR) is 46.8 cm³/mol. The second kappa shape index (κ2) is 2.71. The lowest BCUT2D eigenvalue weighted by molar-refractivity contribution is 1.32. The first kappa shape index (κ1) is 6.94. The highest BCUT2D eigenvalue weighted by molar-refractivity contribution is 7.13. The lowest BCUT2D eigenvalue weighted by Crippen LogP contribution is -1.76. The SMILES string of the molecule is Cc1scnc1-c1nc[c]s1. The summed E-state index contributed by atoms with van der Waals surface area (Å²) < 4.78 is 0. The average molecular weight is 181 g/mol. The monoisotopic (exact) mass is 181 g/mol. The fraction of sp³-hybridized carbons (Fsp3) is 0.143. The average Bonchev–Trinajstić information content (AvgIpc) is 2.55. The standard InChI is InChI=1S/C7H5N2S2/c1-5-6(9-4-11-5)7-8-2-3-10-7/h2,4H,1H3. The third-order valence-electron chi connectivity index (χ3n) is 1.34. The maximum atomic E-state index is 4.20. The molecule has 0 saturated heterocycles. The van der Waals surface area contributed by atoms with Crippen LogP contribution in [-0.4, -0.2) is 9.97 Å². The van der Waals surface area contributed by atoms with Crippen molar-refractivity contribution in [3.8, 4) is 10.7 Å². The van der Waals surface area contributed by atoms with Gasteiger partial charge in [-0.15, -0.1) is 22.7 Å². The number of nitrogens with zero attached hydrogens (tertiary/aromatic N) is 2. The van der Waals surface area contributed by atoms with Crippen LogP contribution in [0.2, 0.25) is 0 Å². The molecule has 0 aromatic carbocycles. The summed E-state index contributed by atoms with van der Waals surface area (Å²) in [5.41, 5.74) is 2.84.